The van der Waals surface area contributed by atoms with Crippen LogP contribution in [0.3, 0.4) is 0 Å². The highest BCUT2D eigenvalue weighted by Gasteiger charge is 2.27. The van der Waals surface area contributed by atoms with Gasteiger partial charge in [0.25, 0.3) is 0 Å². The predicted octanol–water partition coefficient (Wildman–Crippen LogP) is 2.35. The summed E-state index contributed by atoms with van der Waals surface area (Å²) in [6.45, 7) is 0. The Labute approximate surface area is 191 Å². The van der Waals surface area contributed by atoms with E-state index in [2.05, 4.69) is 42.8 Å². The van der Waals surface area contributed by atoms with Crippen molar-refractivity contribution in [2.45, 2.75) is 38.0 Å². The number of tetrazole rings is 1. The van der Waals surface area contributed by atoms with E-state index < -0.39 is 0 Å². The number of rotatable bonds is 4. The number of fused-ring (bicyclic) bond motifs is 2. The molecular formula is C23H22BN9. The normalized spacial score (nSPS) is 18.8. The van der Waals surface area contributed by atoms with Crippen molar-refractivity contribution in [2.24, 2.45) is 5.92 Å². The lowest BCUT2D eigenvalue weighted by atomic mass is 9.76. The smallest absolute Gasteiger partial charge is 0.174 e. The monoisotopic (exact) mass is 435 g/mol. The fourth-order valence-corrected chi connectivity index (χ4v) is 4.95. The van der Waals surface area contributed by atoms with Gasteiger partial charge in [-0.2, -0.15) is 14.8 Å². The molecule has 1 fully saturated rings. The molecule has 1 aliphatic rings. The van der Waals surface area contributed by atoms with Gasteiger partial charge < -0.3 is 5.73 Å². The third kappa shape index (κ3) is 3.51. The number of benzene rings is 1. The quantitative estimate of drug-likeness (QED) is 0.416. The van der Waals surface area contributed by atoms with Crippen molar-refractivity contribution in [3.8, 4) is 11.1 Å². The minimum atomic E-state index is 0.260. The molecule has 162 valence electrons. The van der Waals surface area contributed by atoms with E-state index in [0.717, 1.165) is 65.7 Å². The number of nitrogens with zero attached hydrogens (tertiary/aromatic N) is 7. The maximum Gasteiger partial charge on any atom is 0.174 e. The molecule has 1 saturated carbocycles. The van der Waals surface area contributed by atoms with Crippen LogP contribution in [0.4, 0.5) is 5.82 Å². The first-order valence-corrected chi connectivity index (χ1v) is 11.2. The van der Waals surface area contributed by atoms with E-state index in [-0.39, 0.29) is 5.92 Å². The lowest BCUT2D eigenvalue weighted by Gasteiger charge is -2.29. The number of para-hydroxylation sites is 1. The lowest BCUT2D eigenvalue weighted by molar-refractivity contribution is 0.318. The van der Waals surface area contributed by atoms with Gasteiger partial charge >= 0.3 is 0 Å². The molecule has 0 saturated heterocycles. The van der Waals surface area contributed by atoms with Crippen LogP contribution in [0, 0.1) is 5.92 Å². The molecular weight excluding hydrogens is 413 g/mol. The number of nitrogen functional groups attached to an aromatic ring is 1. The van der Waals surface area contributed by atoms with Gasteiger partial charge in [-0.05, 0) is 49.2 Å². The average molecular weight is 435 g/mol. The van der Waals surface area contributed by atoms with Crippen molar-refractivity contribution < 1.29 is 0 Å². The largest absolute Gasteiger partial charge is 0.384 e. The summed E-state index contributed by atoms with van der Waals surface area (Å²) in [6.07, 6.45) is 8.60. The van der Waals surface area contributed by atoms with Gasteiger partial charge in [-0.25, -0.2) is 4.98 Å². The number of aromatic amines is 1. The lowest BCUT2D eigenvalue weighted by Crippen LogP contribution is -2.27. The van der Waals surface area contributed by atoms with Gasteiger partial charge in [-0.15, -0.1) is 10.2 Å². The molecule has 0 unspecified atom stereocenters. The third-order valence-corrected chi connectivity index (χ3v) is 6.75. The fraction of sp³-hybridized carbons (Fsp3) is 0.304. The molecule has 33 heavy (non-hydrogen) atoms. The van der Waals surface area contributed by atoms with Crippen molar-refractivity contribution in [1.82, 2.24) is 40.2 Å². The van der Waals surface area contributed by atoms with Gasteiger partial charge in [-0.3, -0.25) is 4.98 Å². The Hall–Kier alpha value is -3.82. The number of anilines is 1. The number of nitrogens with two attached hydrogens (primary N) is 1. The molecule has 9 nitrogen and oxygen atoms in total. The van der Waals surface area contributed by atoms with Crippen LogP contribution in [0.15, 0.2) is 42.7 Å². The molecule has 0 amide bonds. The van der Waals surface area contributed by atoms with Crippen LogP contribution >= 0.6 is 0 Å². The zero-order valence-corrected chi connectivity index (χ0v) is 18.0. The van der Waals surface area contributed by atoms with Crippen LogP contribution < -0.4 is 11.2 Å². The molecule has 2 radical (unpaired) electrons. The summed E-state index contributed by atoms with van der Waals surface area (Å²) in [4.78, 5) is 9.60. The van der Waals surface area contributed by atoms with Crippen LogP contribution in [0.25, 0.3) is 27.7 Å². The minimum absolute atomic E-state index is 0.260. The van der Waals surface area contributed by atoms with Crippen LogP contribution in [0.2, 0.25) is 0 Å². The van der Waals surface area contributed by atoms with Gasteiger partial charge in [-0.1, -0.05) is 23.4 Å². The zero-order valence-electron chi connectivity index (χ0n) is 18.0. The highest BCUT2D eigenvalue weighted by Crippen LogP contribution is 2.37. The Morgan fingerprint density at radius 1 is 1.12 bits per heavy atom. The summed E-state index contributed by atoms with van der Waals surface area (Å²) in [6, 6.07) is 10.2. The van der Waals surface area contributed by atoms with Crippen molar-refractivity contribution in [2.75, 3.05) is 5.73 Å². The van der Waals surface area contributed by atoms with E-state index in [4.69, 9.17) is 18.6 Å². The second-order valence-corrected chi connectivity index (χ2v) is 8.76. The van der Waals surface area contributed by atoms with Crippen molar-refractivity contribution in [3.05, 3.63) is 54.2 Å². The van der Waals surface area contributed by atoms with Crippen LogP contribution in [0.5, 0.6) is 0 Å². The molecule has 3 N–H and O–H groups in total. The summed E-state index contributed by atoms with van der Waals surface area (Å²) in [5.74, 6) is 2.00. The van der Waals surface area contributed by atoms with Gasteiger partial charge in [0, 0.05) is 40.7 Å². The highest BCUT2D eigenvalue weighted by molar-refractivity contribution is 6.36. The molecule has 0 bridgehead atoms. The summed E-state index contributed by atoms with van der Waals surface area (Å²) in [7, 11) is 6.45. The number of aromatic nitrogens is 8. The summed E-state index contributed by atoms with van der Waals surface area (Å²) >= 11 is 0. The first-order chi connectivity index (χ1) is 16.2. The maximum absolute atomic E-state index is 6.45. The standard InChI is InChI=1S/C23H22BN9/c24-20-21(14-7-5-13(6-8-14)9-19-29-31-32-30-19)28-23-17(12-27-33(23)22(20)25)16-10-15-3-1-2-4-18(15)26-11-16/h1-4,10-14H,5-9,25H2,(H,29,30,31,32). The van der Waals surface area contributed by atoms with Gasteiger partial charge in [0.15, 0.2) is 11.5 Å². The molecule has 1 aromatic carbocycles. The van der Waals surface area contributed by atoms with Crippen molar-refractivity contribution >= 4 is 35.7 Å². The number of nitrogens with one attached hydrogen (secondary N) is 1. The molecule has 6 rings (SSSR count). The van der Waals surface area contributed by atoms with Crippen LogP contribution in [0.1, 0.15) is 43.1 Å². The predicted molar refractivity (Wildman–Crippen MR) is 126 cm³/mol. The topological polar surface area (TPSA) is 124 Å². The summed E-state index contributed by atoms with van der Waals surface area (Å²) in [5, 5.41) is 19.9. The second kappa shape index (κ2) is 7.95. The van der Waals surface area contributed by atoms with E-state index >= 15 is 0 Å². The van der Waals surface area contributed by atoms with E-state index in [1.165, 1.54) is 0 Å². The highest BCUT2D eigenvalue weighted by atomic mass is 15.5. The average Bonchev–Trinajstić information content (AvgIpc) is 3.52. The Morgan fingerprint density at radius 2 is 1.97 bits per heavy atom. The molecule has 4 aromatic heterocycles. The van der Waals surface area contributed by atoms with Crippen LogP contribution in [-0.2, 0) is 6.42 Å². The second-order valence-electron chi connectivity index (χ2n) is 8.76. The molecule has 0 aliphatic heterocycles. The fourth-order valence-electron chi connectivity index (χ4n) is 4.95. The van der Waals surface area contributed by atoms with E-state index in [0.29, 0.717) is 22.8 Å². The van der Waals surface area contributed by atoms with Gasteiger partial charge in [0.2, 0.25) is 0 Å². The summed E-state index contributed by atoms with van der Waals surface area (Å²) in [5.41, 5.74) is 11.3. The number of hydrogen-bond acceptors (Lipinski definition) is 7. The maximum atomic E-state index is 6.45. The minimum Gasteiger partial charge on any atom is -0.384 e. The molecule has 0 spiro atoms. The first kappa shape index (κ1) is 19.8. The number of pyridine rings is 1. The Balaban J connectivity index is 1.33. The zero-order chi connectivity index (χ0) is 22.4. The molecule has 10 heteroatoms. The molecule has 5 aromatic rings. The SMILES string of the molecule is [B]c1c(C2CCC(Cc3nn[nH]n3)CC2)nc2c(-c3cnc4ccccc4c3)cnn2c1N. The van der Waals surface area contributed by atoms with Gasteiger partial charge in [0.05, 0.1) is 11.7 Å². The molecule has 4 heterocycles. The Bertz CT molecular complexity index is 1440. The number of hydrogen-bond donors (Lipinski definition) is 2. The summed E-state index contributed by atoms with van der Waals surface area (Å²) < 4.78 is 1.63. The number of H-pyrrole nitrogens is 1. The molecule has 1 aliphatic carbocycles. The third-order valence-electron chi connectivity index (χ3n) is 6.75. The van der Waals surface area contributed by atoms with Crippen LogP contribution in [-0.4, -0.2) is 48.1 Å². The van der Waals surface area contributed by atoms with Crippen molar-refractivity contribution in [3.63, 3.8) is 0 Å². The van der Waals surface area contributed by atoms with Gasteiger partial charge in [0.1, 0.15) is 13.7 Å². The first-order valence-electron chi connectivity index (χ1n) is 11.2. The van der Waals surface area contributed by atoms with E-state index in [1.807, 2.05) is 24.4 Å². The van der Waals surface area contributed by atoms with Crippen molar-refractivity contribution in [1.29, 1.82) is 0 Å². The van der Waals surface area contributed by atoms with E-state index in [1.54, 1.807) is 10.7 Å². The van der Waals surface area contributed by atoms with E-state index in [9.17, 15) is 0 Å². The Kier molecular flexibility index (Phi) is 4.78. The Morgan fingerprint density at radius 3 is 2.79 bits per heavy atom. The molecule has 0 atom stereocenters.